The molecule has 1 fully saturated rings. The fourth-order valence-corrected chi connectivity index (χ4v) is 0.902. The number of halogens is 1. The molecule has 1 saturated heterocycles. The molecule has 0 amide bonds. The largest absolute Gasteiger partial charge is 0.380 e. The Morgan fingerprint density at radius 2 is 2.33 bits per heavy atom. The summed E-state index contributed by atoms with van der Waals surface area (Å²) in [5, 5.41) is 2.64. The zero-order chi connectivity index (χ0) is 6.74. The van der Waals surface area contributed by atoms with E-state index >= 15 is 0 Å². The van der Waals surface area contributed by atoms with Crippen molar-refractivity contribution in [2.24, 2.45) is 5.41 Å². The molecule has 0 aromatic carbocycles. The topological polar surface area (TPSA) is 21.3 Å². The zero-order valence-corrected chi connectivity index (χ0v) is 5.61. The normalized spacial score (nSPS) is 23.3. The van der Waals surface area contributed by atoms with Gasteiger partial charge in [0.15, 0.2) is 0 Å². The van der Waals surface area contributed by atoms with Crippen LogP contribution in [0.3, 0.4) is 0 Å². The summed E-state index contributed by atoms with van der Waals surface area (Å²) in [4.78, 5) is 0. The maximum Gasteiger partial charge on any atom is 0.140 e. The van der Waals surface area contributed by atoms with Gasteiger partial charge in [-0.2, -0.15) is 0 Å². The van der Waals surface area contributed by atoms with E-state index in [1.165, 1.54) is 0 Å². The molecule has 0 saturated carbocycles. The van der Waals surface area contributed by atoms with Gasteiger partial charge >= 0.3 is 0 Å². The molecular formula is C6H12FNO. The third-order valence-corrected chi connectivity index (χ3v) is 1.55. The minimum atomic E-state index is -0.435. The minimum absolute atomic E-state index is 0.200. The van der Waals surface area contributed by atoms with E-state index in [2.05, 4.69) is 12.2 Å². The summed E-state index contributed by atoms with van der Waals surface area (Å²) in [7, 11) is 0. The van der Waals surface area contributed by atoms with Crippen molar-refractivity contribution in [2.75, 3.05) is 26.6 Å². The first-order valence-electron chi connectivity index (χ1n) is 3.11. The van der Waals surface area contributed by atoms with Gasteiger partial charge in [-0.25, -0.2) is 4.39 Å². The van der Waals surface area contributed by atoms with Crippen LogP contribution in [0.25, 0.3) is 0 Å². The molecule has 2 nitrogen and oxygen atoms in total. The van der Waals surface area contributed by atoms with Crippen LogP contribution in [0.4, 0.5) is 4.39 Å². The average Bonchev–Trinajstić information content (AvgIpc) is 1.79. The Balaban J connectivity index is 2.09. The van der Waals surface area contributed by atoms with Crippen molar-refractivity contribution in [1.29, 1.82) is 0 Å². The van der Waals surface area contributed by atoms with Crippen molar-refractivity contribution in [3.05, 3.63) is 0 Å². The number of hydrogen-bond donors (Lipinski definition) is 1. The van der Waals surface area contributed by atoms with E-state index in [9.17, 15) is 4.39 Å². The molecule has 0 aliphatic carbocycles. The molecule has 1 N–H and O–H groups in total. The molecule has 0 aromatic rings. The van der Waals surface area contributed by atoms with Gasteiger partial charge in [-0.05, 0) is 0 Å². The molecule has 3 heteroatoms. The Bertz CT molecular complexity index is 93.1. The van der Waals surface area contributed by atoms with Gasteiger partial charge in [0, 0.05) is 12.0 Å². The van der Waals surface area contributed by atoms with Gasteiger partial charge in [0.05, 0.1) is 13.2 Å². The lowest BCUT2D eigenvalue weighted by Crippen LogP contribution is -2.47. The van der Waals surface area contributed by atoms with Gasteiger partial charge < -0.3 is 4.74 Å². The highest BCUT2D eigenvalue weighted by molar-refractivity contribution is 4.82. The third kappa shape index (κ3) is 1.63. The Morgan fingerprint density at radius 3 is 2.67 bits per heavy atom. The lowest BCUT2D eigenvalue weighted by Gasteiger charge is -2.37. The molecule has 54 valence electrons. The second kappa shape index (κ2) is 2.62. The maximum atomic E-state index is 11.5. The van der Waals surface area contributed by atoms with Crippen molar-refractivity contribution >= 4 is 0 Å². The molecule has 0 aromatic heterocycles. The lowest BCUT2D eigenvalue weighted by atomic mass is 9.89. The molecule has 0 atom stereocenters. The molecule has 0 bridgehead atoms. The number of ether oxygens (including phenoxy) is 1. The van der Waals surface area contributed by atoms with Crippen LogP contribution in [0, 0.1) is 5.41 Å². The fourth-order valence-electron chi connectivity index (χ4n) is 0.902. The first-order valence-corrected chi connectivity index (χ1v) is 3.11. The van der Waals surface area contributed by atoms with Crippen LogP contribution in [0.1, 0.15) is 6.92 Å². The predicted octanol–water partition coefficient (Wildman–Crippen LogP) is 0.539. The summed E-state index contributed by atoms with van der Waals surface area (Å²) in [5.41, 5.74) is 0.200. The minimum Gasteiger partial charge on any atom is -0.380 e. The number of rotatable bonds is 3. The smallest absolute Gasteiger partial charge is 0.140 e. The molecule has 1 aliphatic heterocycles. The zero-order valence-electron chi connectivity index (χ0n) is 5.61. The Labute approximate surface area is 54.4 Å². The molecule has 0 spiro atoms. The highest BCUT2D eigenvalue weighted by atomic mass is 19.1. The van der Waals surface area contributed by atoms with Crippen LogP contribution in [-0.2, 0) is 4.74 Å². The second-order valence-corrected chi connectivity index (χ2v) is 2.86. The summed E-state index contributed by atoms with van der Waals surface area (Å²) in [6, 6.07) is 0. The third-order valence-electron chi connectivity index (χ3n) is 1.55. The summed E-state index contributed by atoms with van der Waals surface area (Å²) < 4.78 is 16.5. The molecule has 0 radical (unpaired) electrons. The van der Waals surface area contributed by atoms with Crippen LogP contribution in [0.5, 0.6) is 0 Å². The van der Waals surface area contributed by atoms with Crippen molar-refractivity contribution in [2.45, 2.75) is 6.92 Å². The number of nitrogens with one attached hydrogen (secondary N) is 1. The average molecular weight is 133 g/mol. The quantitative estimate of drug-likeness (QED) is 0.567. The standard InChI is InChI=1S/C6H12FNO/c1-6(2-8-5-7)3-9-4-6/h8H,2-5H2,1H3. The molecule has 0 unspecified atom stereocenters. The molecule has 1 heterocycles. The van der Waals surface area contributed by atoms with Crippen molar-refractivity contribution in [1.82, 2.24) is 5.32 Å². The van der Waals surface area contributed by atoms with Crippen molar-refractivity contribution in [3.8, 4) is 0 Å². The summed E-state index contributed by atoms with van der Waals surface area (Å²) in [6.45, 7) is 3.90. The monoisotopic (exact) mass is 133 g/mol. The van der Waals surface area contributed by atoms with Crippen LogP contribution >= 0.6 is 0 Å². The van der Waals surface area contributed by atoms with Crippen LogP contribution in [0.15, 0.2) is 0 Å². The van der Waals surface area contributed by atoms with Gasteiger partial charge in [0.25, 0.3) is 0 Å². The highest BCUT2D eigenvalue weighted by Gasteiger charge is 2.32. The predicted molar refractivity (Wildman–Crippen MR) is 32.9 cm³/mol. The van der Waals surface area contributed by atoms with E-state index in [0.717, 1.165) is 19.8 Å². The molecule has 1 rings (SSSR count). The summed E-state index contributed by atoms with van der Waals surface area (Å²) >= 11 is 0. The fraction of sp³-hybridized carbons (Fsp3) is 1.00. The highest BCUT2D eigenvalue weighted by Crippen LogP contribution is 2.24. The maximum absolute atomic E-state index is 11.5. The first-order chi connectivity index (χ1) is 4.27. The Kier molecular flexibility index (Phi) is 2.03. The first kappa shape index (κ1) is 6.96. The lowest BCUT2D eigenvalue weighted by molar-refractivity contribution is -0.0997. The van der Waals surface area contributed by atoms with E-state index < -0.39 is 6.80 Å². The number of alkyl halides is 1. The van der Waals surface area contributed by atoms with E-state index in [1.807, 2.05) is 0 Å². The van der Waals surface area contributed by atoms with Crippen LogP contribution in [0.2, 0.25) is 0 Å². The molecular weight excluding hydrogens is 121 g/mol. The molecule has 1 aliphatic rings. The van der Waals surface area contributed by atoms with Crippen LogP contribution in [-0.4, -0.2) is 26.6 Å². The van der Waals surface area contributed by atoms with Gasteiger partial charge in [-0.15, -0.1) is 0 Å². The van der Waals surface area contributed by atoms with Gasteiger partial charge in [-0.3, -0.25) is 5.32 Å². The Hall–Kier alpha value is -0.150. The van der Waals surface area contributed by atoms with Gasteiger partial charge in [-0.1, -0.05) is 6.92 Å². The number of hydrogen-bond acceptors (Lipinski definition) is 2. The van der Waals surface area contributed by atoms with Gasteiger partial charge in [0.2, 0.25) is 0 Å². The van der Waals surface area contributed by atoms with Crippen LogP contribution < -0.4 is 5.32 Å². The summed E-state index contributed by atoms with van der Waals surface area (Å²) in [6.07, 6.45) is 0. The van der Waals surface area contributed by atoms with E-state index in [4.69, 9.17) is 4.74 Å². The molecule has 9 heavy (non-hydrogen) atoms. The van der Waals surface area contributed by atoms with Gasteiger partial charge in [0.1, 0.15) is 6.80 Å². The van der Waals surface area contributed by atoms with E-state index in [-0.39, 0.29) is 5.41 Å². The van der Waals surface area contributed by atoms with E-state index in [0.29, 0.717) is 0 Å². The van der Waals surface area contributed by atoms with Crippen molar-refractivity contribution < 1.29 is 9.13 Å². The Morgan fingerprint density at radius 1 is 1.67 bits per heavy atom. The SMILES string of the molecule is CC1(CNCF)COC1. The van der Waals surface area contributed by atoms with Crippen molar-refractivity contribution in [3.63, 3.8) is 0 Å². The van der Waals surface area contributed by atoms with E-state index in [1.54, 1.807) is 0 Å². The summed E-state index contributed by atoms with van der Waals surface area (Å²) in [5.74, 6) is 0. The second-order valence-electron chi connectivity index (χ2n) is 2.86.